The summed E-state index contributed by atoms with van der Waals surface area (Å²) in [5, 5.41) is 10.8. The zero-order chi connectivity index (χ0) is 20.4. The van der Waals surface area contributed by atoms with E-state index >= 15 is 0 Å². The highest BCUT2D eigenvalue weighted by atomic mass is 16.6. The van der Waals surface area contributed by atoms with Crippen LogP contribution in [0.3, 0.4) is 0 Å². The summed E-state index contributed by atoms with van der Waals surface area (Å²) in [6, 6.07) is 7.76. The summed E-state index contributed by atoms with van der Waals surface area (Å²) in [5.41, 5.74) is 1.40. The average Bonchev–Trinajstić information content (AvgIpc) is 3.28. The molecule has 2 aliphatic rings. The lowest BCUT2D eigenvalue weighted by Crippen LogP contribution is -2.49. The maximum Gasteiger partial charge on any atom is 0.269 e. The van der Waals surface area contributed by atoms with E-state index in [1.54, 1.807) is 4.90 Å². The van der Waals surface area contributed by atoms with Crippen LogP contribution in [0.15, 0.2) is 30.3 Å². The van der Waals surface area contributed by atoms with E-state index in [4.69, 9.17) is 4.98 Å². The summed E-state index contributed by atoms with van der Waals surface area (Å²) in [5.74, 6) is 1.60. The number of non-ortho nitro benzene ring substituents is 1. The number of amides is 1. The van der Waals surface area contributed by atoms with Gasteiger partial charge < -0.3 is 14.7 Å². The zero-order valence-electron chi connectivity index (χ0n) is 16.5. The van der Waals surface area contributed by atoms with Gasteiger partial charge in [0.05, 0.1) is 4.92 Å². The Labute approximate surface area is 169 Å². The first kappa shape index (κ1) is 19.1. The second-order valence-corrected chi connectivity index (χ2v) is 7.44. The van der Waals surface area contributed by atoms with Gasteiger partial charge >= 0.3 is 0 Å². The molecule has 9 nitrogen and oxygen atoms in total. The number of aromatic nitrogens is 2. The first-order chi connectivity index (χ1) is 14.0. The number of aryl methyl sites for hydroxylation is 1. The minimum absolute atomic E-state index is 0.0145. The van der Waals surface area contributed by atoms with Crippen molar-refractivity contribution in [1.82, 2.24) is 14.9 Å². The molecule has 2 fully saturated rings. The Balaban J connectivity index is 1.41. The third-order valence-corrected chi connectivity index (χ3v) is 5.43. The Bertz CT molecular complexity index is 903. The Kier molecular flexibility index (Phi) is 5.28. The molecule has 1 aromatic heterocycles. The molecule has 0 bridgehead atoms. The molecule has 9 heteroatoms. The minimum Gasteiger partial charge on any atom is -0.353 e. The van der Waals surface area contributed by atoms with Crippen molar-refractivity contribution in [2.45, 2.75) is 19.8 Å². The number of piperazine rings is 1. The lowest BCUT2D eigenvalue weighted by atomic mass is 10.1. The molecule has 152 valence electrons. The largest absolute Gasteiger partial charge is 0.353 e. The Morgan fingerprint density at radius 3 is 2.24 bits per heavy atom. The third-order valence-electron chi connectivity index (χ3n) is 5.43. The van der Waals surface area contributed by atoms with E-state index in [1.165, 1.54) is 37.1 Å². The summed E-state index contributed by atoms with van der Waals surface area (Å²) < 4.78 is 0. The van der Waals surface area contributed by atoms with Crippen LogP contribution in [0.5, 0.6) is 0 Å². The summed E-state index contributed by atoms with van der Waals surface area (Å²) in [7, 11) is 0. The van der Waals surface area contributed by atoms with Gasteiger partial charge in [-0.05, 0) is 31.9 Å². The van der Waals surface area contributed by atoms with Gasteiger partial charge in [0.25, 0.3) is 11.6 Å². The van der Waals surface area contributed by atoms with Gasteiger partial charge in [0.1, 0.15) is 5.82 Å². The Morgan fingerprint density at radius 2 is 1.62 bits per heavy atom. The van der Waals surface area contributed by atoms with Crippen molar-refractivity contribution >= 4 is 23.4 Å². The second kappa shape index (κ2) is 8.02. The average molecular weight is 396 g/mol. The first-order valence-corrected chi connectivity index (χ1v) is 9.90. The number of carbonyl (C=O) groups excluding carboxylic acids is 1. The van der Waals surface area contributed by atoms with Crippen molar-refractivity contribution < 1.29 is 9.72 Å². The topological polar surface area (TPSA) is 95.7 Å². The highest BCUT2D eigenvalue weighted by Crippen LogP contribution is 2.22. The molecule has 2 saturated heterocycles. The van der Waals surface area contributed by atoms with Crippen molar-refractivity contribution in [3.05, 3.63) is 51.7 Å². The van der Waals surface area contributed by atoms with Gasteiger partial charge in [-0.1, -0.05) is 0 Å². The predicted octanol–water partition coefficient (Wildman–Crippen LogP) is 2.26. The van der Waals surface area contributed by atoms with E-state index in [-0.39, 0.29) is 11.6 Å². The number of nitro benzene ring substituents is 1. The molecule has 0 saturated carbocycles. The maximum absolute atomic E-state index is 12.7. The summed E-state index contributed by atoms with van der Waals surface area (Å²) in [4.78, 5) is 38.6. The van der Waals surface area contributed by atoms with E-state index in [0.29, 0.717) is 31.7 Å². The van der Waals surface area contributed by atoms with Gasteiger partial charge in [-0.3, -0.25) is 14.9 Å². The van der Waals surface area contributed by atoms with Crippen LogP contribution in [0.4, 0.5) is 17.5 Å². The smallest absolute Gasteiger partial charge is 0.269 e. The van der Waals surface area contributed by atoms with Crippen molar-refractivity contribution in [3.63, 3.8) is 0 Å². The number of benzene rings is 1. The molecule has 4 rings (SSSR count). The van der Waals surface area contributed by atoms with Crippen LogP contribution in [-0.4, -0.2) is 65.0 Å². The van der Waals surface area contributed by atoms with Gasteiger partial charge in [-0.15, -0.1) is 0 Å². The summed E-state index contributed by atoms with van der Waals surface area (Å²) in [6.45, 7) is 6.53. The number of rotatable bonds is 4. The van der Waals surface area contributed by atoms with Crippen LogP contribution in [0.2, 0.25) is 0 Å². The standard InChI is InChI=1S/C20H24N6O3/c1-15-14-18(22-20(21-15)25-8-2-3-9-25)23-10-12-24(13-11-23)19(27)16-4-6-17(7-5-16)26(28)29/h4-7,14H,2-3,8-13H2,1H3. The molecular weight excluding hydrogens is 372 g/mol. The molecule has 0 unspecified atom stereocenters. The summed E-state index contributed by atoms with van der Waals surface area (Å²) in [6.07, 6.45) is 2.35. The second-order valence-electron chi connectivity index (χ2n) is 7.44. The van der Waals surface area contributed by atoms with Gasteiger partial charge in [0.15, 0.2) is 0 Å². The van der Waals surface area contributed by atoms with Crippen LogP contribution in [0.25, 0.3) is 0 Å². The highest BCUT2D eigenvalue weighted by Gasteiger charge is 2.24. The predicted molar refractivity (Wildman–Crippen MR) is 109 cm³/mol. The molecule has 0 radical (unpaired) electrons. The van der Waals surface area contributed by atoms with Crippen LogP contribution >= 0.6 is 0 Å². The molecule has 2 aromatic rings. The molecular formula is C20H24N6O3. The molecule has 0 atom stereocenters. The summed E-state index contributed by atoms with van der Waals surface area (Å²) >= 11 is 0. The molecule has 1 amide bonds. The van der Waals surface area contributed by atoms with Crippen LogP contribution in [0, 0.1) is 17.0 Å². The van der Waals surface area contributed by atoms with Crippen LogP contribution in [0.1, 0.15) is 28.9 Å². The molecule has 29 heavy (non-hydrogen) atoms. The van der Waals surface area contributed by atoms with Gasteiger partial charge in [-0.25, -0.2) is 4.98 Å². The fourth-order valence-electron chi connectivity index (χ4n) is 3.80. The molecule has 3 heterocycles. The number of hydrogen-bond acceptors (Lipinski definition) is 7. The van der Waals surface area contributed by atoms with Crippen LogP contribution < -0.4 is 9.80 Å². The first-order valence-electron chi connectivity index (χ1n) is 9.90. The molecule has 2 aliphatic heterocycles. The zero-order valence-corrected chi connectivity index (χ0v) is 16.5. The highest BCUT2D eigenvalue weighted by molar-refractivity contribution is 5.94. The lowest BCUT2D eigenvalue weighted by Gasteiger charge is -2.35. The normalized spacial score (nSPS) is 16.9. The SMILES string of the molecule is Cc1cc(N2CCN(C(=O)c3ccc([N+](=O)[O-])cc3)CC2)nc(N2CCCC2)n1. The fourth-order valence-corrected chi connectivity index (χ4v) is 3.80. The molecule has 1 aromatic carbocycles. The van der Waals surface area contributed by atoms with Crippen LogP contribution in [-0.2, 0) is 0 Å². The number of anilines is 2. The Hall–Kier alpha value is -3.23. The lowest BCUT2D eigenvalue weighted by molar-refractivity contribution is -0.384. The van der Waals surface area contributed by atoms with Crippen molar-refractivity contribution in [2.75, 3.05) is 49.1 Å². The Morgan fingerprint density at radius 1 is 0.966 bits per heavy atom. The van der Waals surface area contributed by atoms with E-state index in [0.717, 1.165) is 30.5 Å². The quantitative estimate of drug-likeness (QED) is 0.578. The molecule has 0 N–H and O–H groups in total. The number of nitro groups is 1. The number of nitrogens with zero attached hydrogens (tertiary/aromatic N) is 6. The van der Waals surface area contributed by atoms with Crippen molar-refractivity contribution in [1.29, 1.82) is 0 Å². The van der Waals surface area contributed by atoms with E-state index in [1.807, 2.05) is 13.0 Å². The van der Waals surface area contributed by atoms with Gasteiger partial charge in [0, 0.05) is 68.7 Å². The van der Waals surface area contributed by atoms with Crippen molar-refractivity contribution in [3.8, 4) is 0 Å². The fraction of sp³-hybridized carbons (Fsp3) is 0.450. The van der Waals surface area contributed by atoms with E-state index in [9.17, 15) is 14.9 Å². The third kappa shape index (κ3) is 4.13. The monoisotopic (exact) mass is 396 g/mol. The number of hydrogen-bond donors (Lipinski definition) is 0. The molecule has 0 spiro atoms. The minimum atomic E-state index is -0.465. The number of carbonyl (C=O) groups is 1. The van der Waals surface area contributed by atoms with Gasteiger partial charge in [-0.2, -0.15) is 4.98 Å². The van der Waals surface area contributed by atoms with E-state index in [2.05, 4.69) is 14.8 Å². The van der Waals surface area contributed by atoms with Crippen molar-refractivity contribution in [2.24, 2.45) is 0 Å². The molecule has 0 aliphatic carbocycles. The maximum atomic E-state index is 12.7. The van der Waals surface area contributed by atoms with Gasteiger partial charge in [0.2, 0.25) is 5.95 Å². The van der Waals surface area contributed by atoms with E-state index < -0.39 is 4.92 Å².